The Morgan fingerprint density at radius 3 is 2.15 bits per heavy atom. The third kappa shape index (κ3) is 2.07. The smallest absolute Gasteiger partial charge is 0.129 e. The summed E-state index contributed by atoms with van der Waals surface area (Å²) in [5.41, 5.74) is 8.25. The number of nitrogens with two attached hydrogens (primary N) is 1. The molecule has 0 aliphatic heterocycles. The minimum absolute atomic E-state index is 0.0259. The molecule has 0 spiro atoms. The summed E-state index contributed by atoms with van der Waals surface area (Å²) in [5, 5.41) is 0. The molecule has 0 aliphatic carbocycles. The van der Waals surface area contributed by atoms with Crippen LogP contribution in [0.4, 0.5) is 4.39 Å². The monoisotopic (exact) mass is 181 g/mol. The molecular weight excluding hydrogens is 165 g/mol. The van der Waals surface area contributed by atoms with Crippen LogP contribution in [0.25, 0.3) is 0 Å². The van der Waals surface area contributed by atoms with Crippen molar-refractivity contribution in [2.45, 2.75) is 33.2 Å². The highest BCUT2D eigenvalue weighted by Crippen LogP contribution is 2.20. The van der Waals surface area contributed by atoms with Gasteiger partial charge >= 0.3 is 0 Å². The maximum atomic E-state index is 13.2. The van der Waals surface area contributed by atoms with E-state index in [1.165, 1.54) is 0 Å². The maximum Gasteiger partial charge on any atom is 0.129 e. The molecular formula is C11H16FN. The molecule has 0 aromatic heterocycles. The van der Waals surface area contributed by atoms with E-state index in [-0.39, 0.29) is 11.9 Å². The van der Waals surface area contributed by atoms with Crippen LogP contribution in [-0.4, -0.2) is 0 Å². The van der Waals surface area contributed by atoms with Crippen molar-refractivity contribution in [3.05, 3.63) is 34.6 Å². The van der Waals surface area contributed by atoms with Crippen molar-refractivity contribution in [3.63, 3.8) is 0 Å². The molecule has 1 aromatic carbocycles. The second kappa shape index (κ2) is 3.88. The van der Waals surface area contributed by atoms with E-state index in [0.29, 0.717) is 11.1 Å². The average molecular weight is 181 g/mol. The molecule has 13 heavy (non-hydrogen) atoms. The Morgan fingerprint density at radius 1 is 1.31 bits per heavy atom. The molecule has 2 heteroatoms. The summed E-state index contributed by atoms with van der Waals surface area (Å²) in [7, 11) is 0. The van der Waals surface area contributed by atoms with E-state index in [4.69, 9.17) is 5.73 Å². The summed E-state index contributed by atoms with van der Waals surface area (Å²) in [6, 6.07) is 3.69. The lowest BCUT2D eigenvalue weighted by Crippen LogP contribution is -2.09. The van der Waals surface area contributed by atoms with Gasteiger partial charge in [-0.25, -0.2) is 4.39 Å². The van der Waals surface area contributed by atoms with E-state index in [1.54, 1.807) is 13.8 Å². The predicted molar refractivity (Wildman–Crippen MR) is 53.1 cm³/mol. The van der Waals surface area contributed by atoms with Crippen molar-refractivity contribution < 1.29 is 4.39 Å². The van der Waals surface area contributed by atoms with Crippen molar-refractivity contribution in [1.82, 2.24) is 0 Å². The minimum Gasteiger partial charge on any atom is -0.324 e. The molecule has 0 bridgehead atoms. The van der Waals surface area contributed by atoms with Gasteiger partial charge in [0, 0.05) is 6.04 Å². The Kier molecular flexibility index (Phi) is 3.04. The van der Waals surface area contributed by atoms with Gasteiger partial charge in [-0.15, -0.1) is 0 Å². The zero-order valence-corrected chi connectivity index (χ0v) is 8.39. The Balaban J connectivity index is 3.13. The fraction of sp³-hybridized carbons (Fsp3) is 0.455. The molecule has 0 radical (unpaired) electrons. The second-order valence-electron chi connectivity index (χ2n) is 3.48. The van der Waals surface area contributed by atoms with Crippen molar-refractivity contribution in [2.75, 3.05) is 0 Å². The van der Waals surface area contributed by atoms with Crippen LogP contribution in [0.2, 0.25) is 0 Å². The fourth-order valence-corrected chi connectivity index (χ4v) is 1.43. The quantitative estimate of drug-likeness (QED) is 0.746. The molecule has 2 N–H and O–H groups in total. The standard InChI is InChI=1S/C11H16FN/c1-4-10(13)9-5-7(2)11(12)8(3)6-9/h5-6,10H,4,13H2,1-3H3/t10-/m1/s1. The molecule has 0 heterocycles. The zero-order chi connectivity index (χ0) is 10.0. The van der Waals surface area contributed by atoms with Gasteiger partial charge in [-0.1, -0.05) is 19.1 Å². The Bertz CT molecular complexity index is 284. The molecule has 0 unspecified atom stereocenters. The minimum atomic E-state index is -0.118. The van der Waals surface area contributed by atoms with Gasteiger partial charge in [-0.3, -0.25) is 0 Å². The van der Waals surface area contributed by atoms with Gasteiger partial charge in [0.1, 0.15) is 5.82 Å². The van der Waals surface area contributed by atoms with E-state index in [2.05, 4.69) is 0 Å². The van der Waals surface area contributed by atoms with Gasteiger partial charge in [0.2, 0.25) is 0 Å². The molecule has 0 saturated carbocycles. The van der Waals surface area contributed by atoms with E-state index in [0.717, 1.165) is 12.0 Å². The Labute approximate surface area is 78.8 Å². The van der Waals surface area contributed by atoms with Gasteiger partial charge in [0.15, 0.2) is 0 Å². The molecule has 72 valence electrons. The lowest BCUT2D eigenvalue weighted by molar-refractivity contribution is 0.604. The second-order valence-corrected chi connectivity index (χ2v) is 3.48. The SMILES string of the molecule is CC[C@@H](N)c1cc(C)c(F)c(C)c1. The largest absolute Gasteiger partial charge is 0.324 e. The lowest BCUT2D eigenvalue weighted by atomic mass is 10.00. The van der Waals surface area contributed by atoms with Crippen LogP contribution in [0.1, 0.15) is 36.1 Å². The van der Waals surface area contributed by atoms with Crippen molar-refractivity contribution >= 4 is 0 Å². The Hall–Kier alpha value is -0.890. The van der Waals surface area contributed by atoms with Crippen LogP contribution in [-0.2, 0) is 0 Å². The zero-order valence-electron chi connectivity index (χ0n) is 8.39. The maximum absolute atomic E-state index is 13.2. The van der Waals surface area contributed by atoms with Crippen molar-refractivity contribution in [2.24, 2.45) is 5.73 Å². The number of hydrogen-bond acceptors (Lipinski definition) is 1. The summed E-state index contributed by atoms with van der Waals surface area (Å²) in [5.74, 6) is -0.118. The van der Waals surface area contributed by atoms with Crippen LogP contribution < -0.4 is 5.73 Å². The lowest BCUT2D eigenvalue weighted by Gasteiger charge is -2.12. The molecule has 0 amide bonds. The van der Waals surface area contributed by atoms with Gasteiger partial charge in [-0.05, 0) is 37.0 Å². The van der Waals surface area contributed by atoms with Gasteiger partial charge in [0.25, 0.3) is 0 Å². The third-order valence-electron chi connectivity index (χ3n) is 2.33. The van der Waals surface area contributed by atoms with E-state index in [1.807, 2.05) is 19.1 Å². The van der Waals surface area contributed by atoms with Crippen LogP contribution >= 0.6 is 0 Å². The van der Waals surface area contributed by atoms with Gasteiger partial charge in [0.05, 0.1) is 0 Å². The third-order valence-corrected chi connectivity index (χ3v) is 2.33. The molecule has 0 fully saturated rings. The summed E-state index contributed by atoms with van der Waals surface area (Å²) in [6.07, 6.45) is 0.879. The van der Waals surface area contributed by atoms with Crippen molar-refractivity contribution in [3.8, 4) is 0 Å². The molecule has 0 aliphatic rings. The Morgan fingerprint density at radius 2 is 1.77 bits per heavy atom. The molecule has 1 aromatic rings. The summed E-state index contributed by atoms with van der Waals surface area (Å²) < 4.78 is 13.2. The number of aryl methyl sites for hydroxylation is 2. The summed E-state index contributed by atoms with van der Waals surface area (Å²) in [4.78, 5) is 0. The summed E-state index contributed by atoms with van der Waals surface area (Å²) in [6.45, 7) is 5.57. The normalized spacial score (nSPS) is 13.0. The van der Waals surface area contributed by atoms with Crippen molar-refractivity contribution in [1.29, 1.82) is 0 Å². The van der Waals surface area contributed by atoms with E-state index < -0.39 is 0 Å². The van der Waals surface area contributed by atoms with Gasteiger partial charge in [-0.2, -0.15) is 0 Å². The highest BCUT2D eigenvalue weighted by atomic mass is 19.1. The number of rotatable bonds is 2. The first-order chi connectivity index (χ1) is 6.06. The molecule has 1 rings (SSSR count). The number of hydrogen-bond donors (Lipinski definition) is 1. The molecule has 0 saturated heterocycles. The first-order valence-corrected chi connectivity index (χ1v) is 4.58. The number of benzene rings is 1. The summed E-state index contributed by atoms with van der Waals surface area (Å²) >= 11 is 0. The molecule has 1 nitrogen and oxygen atoms in total. The van der Waals surface area contributed by atoms with Crippen LogP contribution in [0.15, 0.2) is 12.1 Å². The van der Waals surface area contributed by atoms with Gasteiger partial charge < -0.3 is 5.73 Å². The predicted octanol–water partition coefficient (Wildman–Crippen LogP) is 2.85. The first-order valence-electron chi connectivity index (χ1n) is 4.58. The van der Waals surface area contributed by atoms with Crippen LogP contribution in [0.5, 0.6) is 0 Å². The highest BCUT2D eigenvalue weighted by Gasteiger charge is 2.08. The first kappa shape index (κ1) is 10.2. The van der Waals surface area contributed by atoms with E-state index in [9.17, 15) is 4.39 Å². The highest BCUT2D eigenvalue weighted by molar-refractivity contribution is 5.32. The van der Waals surface area contributed by atoms with Crippen LogP contribution in [0.3, 0.4) is 0 Å². The van der Waals surface area contributed by atoms with E-state index >= 15 is 0 Å². The topological polar surface area (TPSA) is 26.0 Å². The van der Waals surface area contributed by atoms with Crippen LogP contribution in [0, 0.1) is 19.7 Å². The molecule has 1 atom stereocenters. The number of halogens is 1. The average Bonchev–Trinajstić information content (AvgIpc) is 2.12. The fourth-order valence-electron chi connectivity index (χ4n) is 1.43.